The molecule has 0 aliphatic heterocycles. The van der Waals surface area contributed by atoms with Crippen molar-refractivity contribution in [1.82, 2.24) is 10.6 Å². The Labute approximate surface area is 164 Å². The average molecular weight is 497 g/mol. The summed E-state index contributed by atoms with van der Waals surface area (Å²) in [5.74, 6) is 0.720. The topological polar surface area (TPSA) is 65.5 Å². The monoisotopic (exact) mass is 496 g/mol. The van der Waals surface area contributed by atoms with Crippen LogP contribution in [-0.4, -0.2) is 32.0 Å². The van der Waals surface area contributed by atoms with Crippen LogP contribution in [0.3, 0.4) is 0 Å². The van der Waals surface area contributed by atoms with E-state index < -0.39 is 0 Å². The molecule has 0 fully saturated rings. The van der Waals surface area contributed by atoms with E-state index in [2.05, 4.69) is 43.8 Å². The Balaban J connectivity index is 0.00000484. The molecule has 0 saturated carbocycles. The van der Waals surface area contributed by atoms with Gasteiger partial charge in [0.25, 0.3) is 0 Å². The summed E-state index contributed by atoms with van der Waals surface area (Å²) in [5.41, 5.74) is 1.88. The Morgan fingerprint density at radius 1 is 1.26 bits per heavy atom. The molecule has 23 heavy (non-hydrogen) atoms. The molecule has 0 spiro atoms. The highest BCUT2D eigenvalue weighted by molar-refractivity contribution is 14.0. The van der Waals surface area contributed by atoms with Crippen molar-refractivity contribution in [2.45, 2.75) is 33.1 Å². The van der Waals surface area contributed by atoms with Crippen LogP contribution in [0.15, 0.2) is 27.7 Å². The number of halogens is 2. The maximum atomic E-state index is 12.0. The molecule has 1 amide bonds. The van der Waals surface area contributed by atoms with Crippen molar-refractivity contribution in [2.24, 2.45) is 4.99 Å². The van der Waals surface area contributed by atoms with Crippen LogP contribution >= 0.6 is 39.9 Å². The van der Waals surface area contributed by atoms with Gasteiger partial charge < -0.3 is 16.0 Å². The highest BCUT2D eigenvalue weighted by atomic mass is 127. The molecular weight excluding hydrogens is 471 g/mol. The number of benzene rings is 1. The third kappa shape index (κ3) is 9.14. The fraction of sp³-hybridized carbons (Fsp3) is 0.500. The first-order valence-corrected chi connectivity index (χ1v) is 8.36. The number of amides is 1. The Kier molecular flexibility index (Phi) is 12.1. The predicted octanol–water partition coefficient (Wildman–Crippen LogP) is 3.67. The van der Waals surface area contributed by atoms with Crippen molar-refractivity contribution in [3.63, 3.8) is 0 Å². The standard InChI is InChI=1S/C16H25BrN4O.HI/c1-4-5-9-19-16(18-3)20-10-8-15(22)21-14-11-13(17)7-6-12(14)2;/h6-7,11H,4-5,8-10H2,1-3H3,(H,21,22)(H2,18,19,20);1H. The maximum absolute atomic E-state index is 12.0. The zero-order valence-corrected chi connectivity index (χ0v) is 17.8. The van der Waals surface area contributed by atoms with Gasteiger partial charge in [-0.05, 0) is 31.0 Å². The smallest absolute Gasteiger partial charge is 0.226 e. The summed E-state index contributed by atoms with van der Waals surface area (Å²) < 4.78 is 0.951. The first-order valence-electron chi connectivity index (χ1n) is 7.57. The van der Waals surface area contributed by atoms with E-state index in [4.69, 9.17) is 0 Å². The highest BCUT2D eigenvalue weighted by Crippen LogP contribution is 2.20. The highest BCUT2D eigenvalue weighted by Gasteiger charge is 2.06. The van der Waals surface area contributed by atoms with Crippen LogP contribution in [0.5, 0.6) is 0 Å². The van der Waals surface area contributed by atoms with E-state index in [0.29, 0.717) is 13.0 Å². The summed E-state index contributed by atoms with van der Waals surface area (Å²) in [6, 6.07) is 5.84. The predicted molar refractivity (Wildman–Crippen MR) is 112 cm³/mol. The maximum Gasteiger partial charge on any atom is 0.226 e. The van der Waals surface area contributed by atoms with Crippen LogP contribution in [0.1, 0.15) is 31.7 Å². The Morgan fingerprint density at radius 3 is 2.61 bits per heavy atom. The van der Waals surface area contributed by atoms with Crippen molar-refractivity contribution >= 4 is 57.5 Å². The van der Waals surface area contributed by atoms with Gasteiger partial charge in [0.15, 0.2) is 5.96 Å². The zero-order valence-electron chi connectivity index (χ0n) is 13.9. The fourth-order valence-corrected chi connectivity index (χ4v) is 2.20. The molecule has 0 radical (unpaired) electrons. The fourth-order valence-electron chi connectivity index (χ4n) is 1.84. The molecule has 0 heterocycles. The molecular formula is C16H26BrIN4O. The lowest BCUT2D eigenvalue weighted by molar-refractivity contribution is -0.116. The number of guanidine groups is 1. The molecule has 130 valence electrons. The molecule has 0 aliphatic rings. The van der Waals surface area contributed by atoms with E-state index in [9.17, 15) is 4.79 Å². The largest absolute Gasteiger partial charge is 0.356 e. The third-order valence-corrected chi connectivity index (χ3v) is 3.66. The van der Waals surface area contributed by atoms with Gasteiger partial charge in [0.2, 0.25) is 5.91 Å². The SMILES string of the molecule is CCCCNC(=NC)NCCC(=O)Nc1cc(Br)ccc1C.I. The van der Waals surface area contributed by atoms with Gasteiger partial charge >= 0.3 is 0 Å². The van der Waals surface area contributed by atoms with Gasteiger partial charge in [-0.1, -0.05) is 35.3 Å². The van der Waals surface area contributed by atoms with Gasteiger partial charge in [0.1, 0.15) is 0 Å². The number of carbonyl (C=O) groups excluding carboxylic acids is 1. The molecule has 5 nitrogen and oxygen atoms in total. The minimum atomic E-state index is -0.0160. The summed E-state index contributed by atoms with van der Waals surface area (Å²) in [5, 5.41) is 9.28. The van der Waals surface area contributed by atoms with Crippen LogP contribution in [0.4, 0.5) is 5.69 Å². The van der Waals surface area contributed by atoms with E-state index >= 15 is 0 Å². The second kappa shape index (κ2) is 12.6. The van der Waals surface area contributed by atoms with Crippen molar-refractivity contribution in [1.29, 1.82) is 0 Å². The van der Waals surface area contributed by atoms with Crippen molar-refractivity contribution in [2.75, 3.05) is 25.5 Å². The Hall–Kier alpha value is -0.830. The number of nitrogens with one attached hydrogen (secondary N) is 3. The number of hydrogen-bond donors (Lipinski definition) is 3. The number of hydrogen-bond acceptors (Lipinski definition) is 2. The van der Waals surface area contributed by atoms with Gasteiger partial charge in [-0.25, -0.2) is 0 Å². The minimum Gasteiger partial charge on any atom is -0.356 e. The first-order chi connectivity index (χ1) is 10.6. The van der Waals surface area contributed by atoms with Crippen molar-refractivity contribution in [3.05, 3.63) is 28.2 Å². The molecule has 1 rings (SSSR count). The molecule has 1 aromatic rings. The van der Waals surface area contributed by atoms with Gasteiger partial charge in [-0.15, -0.1) is 24.0 Å². The van der Waals surface area contributed by atoms with E-state index in [1.54, 1.807) is 7.05 Å². The molecule has 3 N–H and O–H groups in total. The van der Waals surface area contributed by atoms with E-state index in [-0.39, 0.29) is 29.9 Å². The molecule has 7 heteroatoms. The van der Waals surface area contributed by atoms with Crippen LogP contribution < -0.4 is 16.0 Å². The number of unbranched alkanes of at least 4 members (excludes halogenated alkanes) is 1. The van der Waals surface area contributed by atoms with Crippen LogP contribution in [-0.2, 0) is 4.79 Å². The second-order valence-corrected chi connectivity index (χ2v) is 5.95. The third-order valence-electron chi connectivity index (χ3n) is 3.16. The van der Waals surface area contributed by atoms with Crippen LogP contribution in [0.2, 0.25) is 0 Å². The summed E-state index contributed by atoms with van der Waals surface area (Å²) in [7, 11) is 1.73. The van der Waals surface area contributed by atoms with E-state index in [1.165, 1.54) is 0 Å². The Morgan fingerprint density at radius 2 is 1.96 bits per heavy atom. The van der Waals surface area contributed by atoms with Gasteiger partial charge in [0, 0.05) is 36.7 Å². The molecule has 0 atom stereocenters. The Bertz CT molecular complexity index is 523. The number of anilines is 1. The van der Waals surface area contributed by atoms with Crippen molar-refractivity contribution in [3.8, 4) is 0 Å². The number of aryl methyl sites for hydroxylation is 1. The molecule has 0 bridgehead atoms. The van der Waals surface area contributed by atoms with Crippen LogP contribution in [0, 0.1) is 6.92 Å². The van der Waals surface area contributed by atoms with Gasteiger partial charge in [-0.3, -0.25) is 9.79 Å². The molecule has 0 saturated heterocycles. The number of rotatable bonds is 7. The second-order valence-electron chi connectivity index (χ2n) is 5.04. The van der Waals surface area contributed by atoms with Gasteiger partial charge in [0.05, 0.1) is 0 Å². The lowest BCUT2D eigenvalue weighted by Gasteiger charge is -2.12. The summed E-state index contributed by atoms with van der Waals surface area (Å²) >= 11 is 3.41. The van der Waals surface area contributed by atoms with E-state index in [1.807, 2.05) is 25.1 Å². The molecule has 0 aliphatic carbocycles. The summed E-state index contributed by atoms with van der Waals surface area (Å²) in [6.45, 7) is 5.55. The normalized spacial score (nSPS) is 10.7. The zero-order chi connectivity index (χ0) is 16.4. The summed E-state index contributed by atoms with van der Waals surface area (Å²) in [4.78, 5) is 16.1. The number of aliphatic imine (C=N–C) groups is 1. The van der Waals surface area contributed by atoms with Crippen molar-refractivity contribution < 1.29 is 4.79 Å². The van der Waals surface area contributed by atoms with Crippen LogP contribution in [0.25, 0.3) is 0 Å². The minimum absolute atomic E-state index is 0. The first kappa shape index (κ1) is 22.2. The molecule has 0 aromatic heterocycles. The lowest BCUT2D eigenvalue weighted by atomic mass is 10.2. The summed E-state index contributed by atoms with van der Waals surface area (Å²) in [6.07, 6.45) is 2.63. The lowest BCUT2D eigenvalue weighted by Crippen LogP contribution is -2.39. The quantitative estimate of drug-likeness (QED) is 0.233. The van der Waals surface area contributed by atoms with Gasteiger partial charge in [-0.2, -0.15) is 0 Å². The molecule has 0 unspecified atom stereocenters. The molecule has 1 aromatic carbocycles. The van der Waals surface area contributed by atoms with E-state index in [0.717, 1.165) is 41.1 Å². The number of carbonyl (C=O) groups is 1. The number of nitrogens with zero attached hydrogens (tertiary/aromatic N) is 1. The average Bonchev–Trinajstić information content (AvgIpc) is 2.49.